The molecule has 3 unspecified atom stereocenters. The van der Waals surface area contributed by atoms with Crippen molar-refractivity contribution in [2.45, 2.75) is 44.2 Å². The maximum absolute atomic E-state index is 13.2. The fourth-order valence-electron chi connectivity index (χ4n) is 4.69. The Morgan fingerprint density at radius 1 is 1.14 bits per heavy atom. The summed E-state index contributed by atoms with van der Waals surface area (Å²) in [6.45, 7) is 0. The molecule has 1 saturated heterocycles. The van der Waals surface area contributed by atoms with Gasteiger partial charge < -0.3 is 19.5 Å². The highest BCUT2D eigenvalue weighted by Gasteiger charge is 2.48. The number of fused-ring (bicyclic) bond motifs is 1. The SMILES string of the molecule is COc1ccc(-c2cc(C(=O)N3C(C(=O)O)CC4CCCCC43)[nH]n2)cc1OC. The van der Waals surface area contributed by atoms with Crippen LogP contribution in [0.4, 0.5) is 0 Å². The largest absolute Gasteiger partial charge is 0.493 e. The first-order valence-electron chi connectivity index (χ1n) is 9.86. The van der Waals surface area contributed by atoms with Crippen molar-refractivity contribution in [3.05, 3.63) is 30.0 Å². The standard InChI is InChI=1S/C21H25N3O5/c1-28-18-8-7-12(10-19(18)29-2)14-11-15(23-22-14)20(25)24-16-6-4-3-5-13(16)9-17(24)21(26)27/h7-8,10-11,13,16-17H,3-6,9H2,1-2H3,(H,22,23)(H,26,27). The minimum Gasteiger partial charge on any atom is -0.493 e. The summed E-state index contributed by atoms with van der Waals surface area (Å²) >= 11 is 0. The normalized spacial score (nSPS) is 23.5. The topological polar surface area (TPSA) is 105 Å². The molecule has 8 heteroatoms. The molecule has 0 radical (unpaired) electrons. The zero-order chi connectivity index (χ0) is 20.5. The van der Waals surface area contributed by atoms with E-state index in [1.54, 1.807) is 37.3 Å². The summed E-state index contributed by atoms with van der Waals surface area (Å²) in [6.07, 6.45) is 4.50. The maximum Gasteiger partial charge on any atom is 0.326 e. The van der Waals surface area contributed by atoms with E-state index in [2.05, 4.69) is 10.2 Å². The summed E-state index contributed by atoms with van der Waals surface area (Å²) in [5.41, 5.74) is 1.65. The zero-order valence-corrected chi connectivity index (χ0v) is 16.6. The van der Waals surface area contributed by atoms with Gasteiger partial charge in [0.15, 0.2) is 11.5 Å². The van der Waals surface area contributed by atoms with Gasteiger partial charge in [0.05, 0.1) is 19.9 Å². The summed E-state index contributed by atoms with van der Waals surface area (Å²) in [5, 5.41) is 16.7. The number of hydrogen-bond acceptors (Lipinski definition) is 5. The molecule has 2 aliphatic rings. The lowest BCUT2D eigenvalue weighted by Crippen LogP contribution is -2.46. The first kappa shape index (κ1) is 19.3. The number of nitrogens with zero attached hydrogens (tertiary/aromatic N) is 2. The Bertz CT molecular complexity index is 925. The highest BCUT2D eigenvalue weighted by Crippen LogP contribution is 2.40. The number of carbonyl (C=O) groups excluding carboxylic acids is 1. The first-order chi connectivity index (χ1) is 14.0. The number of aromatic nitrogens is 2. The number of H-pyrrole nitrogens is 1. The Balaban J connectivity index is 1.62. The van der Waals surface area contributed by atoms with E-state index in [-0.39, 0.29) is 17.9 Å². The lowest BCUT2D eigenvalue weighted by Gasteiger charge is -2.32. The van der Waals surface area contributed by atoms with Gasteiger partial charge in [0, 0.05) is 11.6 Å². The predicted octanol–water partition coefficient (Wildman–Crippen LogP) is 2.95. The van der Waals surface area contributed by atoms with Gasteiger partial charge in [-0.25, -0.2) is 4.79 Å². The fraction of sp³-hybridized carbons (Fsp3) is 0.476. The Morgan fingerprint density at radius 2 is 1.90 bits per heavy atom. The highest BCUT2D eigenvalue weighted by molar-refractivity contribution is 5.96. The van der Waals surface area contributed by atoms with Gasteiger partial charge >= 0.3 is 5.97 Å². The molecule has 3 atom stereocenters. The number of aliphatic carboxylic acids is 1. The zero-order valence-electron chi connectivity index (χ0n) is 16.6. The molecule has 1 aliphatic carbocycles. The Hall–Kier alpha value is -3.03. The Labute approximate surface area is 168 Å². The molecule has 1 amide bonds. The molecule has 0 bridgehead atoms. The van der Waals surface area contributed by atoms with Crippen molar-refractivity contribution >= 4 is 11.9 Å². The van der Waals surface area contributed by atoms with E-state index in [9.17, 15) is 14.7 Å². The quantitative estimate of drug-likeness (QED) is 0.801. The molecule has 1 aliphatic heterocycles. The van der Waals surface area contributed by atoms with E-state index in [4.69, 9.17) is 9.47 Å². The molecule has 8 nitrogen and oxygen atoms in total. The maximum atomic E-state index is 13.2. The number of methoxy groups -OCH3 is 2. The number of amides is 1. The predicted molar refractivity (Wildman–Crippen MR) is 105 cm³/mol. The van der Waals surface area contributed by atoms with Gasteiger partial charge in [-0.3, -0.25) is 9.89 Å². The molecule has 2 N–H and O–H groups in total. The molecule has 2 aromatic rings. The van der Waals surface area contributed by atoms with Gasteiger partial charge in [-0.2, -0.15) is 5.10 Å². The molecular weight excluding hydrogens is 374 g/mol. The smallest absolute Gasteiger partial charge is 0.326 e. The Morgan fingerprint density at radius 3 is 2.62 bits per heavy atom. The van der Waals surface area contributed by atoms with Crippen molar-refractivity contribution in [1.29, 1.82) is 0 Å². The van der Waals surface area contributed by atoms with Gasteiger partial charge in [-0.15, -0.1) is 0 Å². The van der Waals surface area contributed by atoms with Gasteiger partial charge in [0.25, 0.3) is 5.91 Å². The number of carboxylic acids is 1. The molecule has 2 heterocycles. The van der Waals surface area contributed by atoms with Crippen LogP contribution in [-0.4, -0.2) is 58.4 Å². The molecule has 4 rings (SSSR count). The van der Waals surface area contributed by atoms with Crippen molar-refractivity contribution in [3.63, 3.8) is 0 Å². The van der Waals surface area contributed by atoms with Crippen molar-refractivity contribution in [3.8, 4) is 22.8 Å². The molecular formula is C21H25N3O5. The lowest BCUT2D eigenvalue weighted by molar-refractivity contribution is -0.141. The van der Waals surface area contributed by atoms with Crippen molar-refractivity contribution in [2.24, 2.45) is 5.92 Å². The summed E-state index contributed by atoms with van der Waals surface area (Å²) in [4.78, 5) is 26.6. The van der Waals surface area contributed by atoms with Crippen LogP contribution in [0.2, 0.25) is 0 Å². The summed E-state index contributed by atoms with van der Waals surface area (Å²) in [6, 6.07) is 6.28. The van der Waals surface area contributed by atoms with Crippen LogP contribution in [0.15, 0.2) is 24.3 Å². The van der Waals surface area contributed by atoms with Gasteiger partial charge in [0.1, 0.15) is 11.7 Å². The third-order valence-corrected chi connectivity index (χ3v) is 6.10. The molecule has 1 aromatic carbocycles. The number of rotatable bonds is 5. The minimum absolute atomic E-state index is 0.00909. The second-order valence-electron chi connectivity index (χ2n) is 7.65. The Kier molecular flexibility index (Phi) is 5.17. The number of aromatic amines is 1. The minimum atomic E-state index is -0.938. The average molecular weight is 399 g/mol. The van der Waals surface area contributed by atoms with Crippen LogP contribution >= 0.6 is 0 Å². The third kappa shape index (κ3) is 3.43. The fourth-order valence-corrected chi connectivity index (χ4v) is 4.69. The van der Waals surface area contributed by atoms with Crippen LogP contribution in [0.5, 0.6) is 11.5 Å². The van der Waals surface area contributed by atoms with E-state index in [1.165, 1.54) is 0 Å². The molecule has 29 heavy (non-hydrogen) atoms. The third-order valence-electron chi connectivity index (χ3n) is 6.10. The van der Waals surface area contributed by atoms with Crippen molar-refractivity contribution in [1.82, 2.24) is 15.1 Å². The van der Waals surface area contributed by atoms with E-state index in [0.717, 1.165) is 31.2 Å². The van der Waals surface area contributed by atoms with Crippen LogP contribution in [0.25, 0.3) is 11.3 Å². The van der Waals surface area contributed by atoms with Crippen LogP contribution in [-0.2, 0) is 4.79 Å². The molecule has 154 valence electrons. The van der Waals surface area contributed by atoms with Crippen LogP contribution in [0.3, 0.4) is 0 Å². The summed E-state index contributed by atoms with van der Waals surface area (Å²) in [7, 11) is 3.12. The van der Waals surface area contributed by atoms with Gasteiger partial charge in [-0.05, 0) is 49.4 Å². The number of nitrogens with one attached hydrogen (secondary N) is 1. The number of benzene rings is 1. The van der Waals surface area contributed by atoms with Gasteiger partial charge in [-0.1, -0.05) is 12.8 Å². The van der Waals surface area contributed by atoms with Crippen LogP contribution in [0.1, 0.15) is 42.6 Å². The summed E-state index contributed by atoms with van der Waals surface area (Å²) < 4.78 is 10.6. The van der Waals surface area contributed by atoms with E-state index < -0.39 is 12.0 Å². The average Bonchev–Trinajstić information content (AvgIpc) is 3.38. The molecule has 1 aromatic heterocycles. The summed E-state index contributed by atoms with van der Waals surface area (Å²) in [5.74, 6) is 0.199. The molecule has 2 fully saturated rings. The second-order valence-corrected chi connectivity index (χ2v) is 7.65. The molecule has 0 spiro atoms. The van der Waals surface area contributed by atoms with Gasteiger partial charge in [0.2, 0.25) is 0 Å². The number of ether oxygens (including phenoxy) is 2. The van der Waals surface area contributed by atoms with Crippen molar-refractivity contribution < 1.29 is 24.2 Å². The second kappa shape index (κ2) is 7.77. The highest BCUT2D eigenvalue weighted by atomic mass is 16.5. The van der Waals surface area contributed by atoms with E-state index >= 15 is 0 Å². The van der Waals surface area contributed by atoms with E-state index in [1.807, 2.05) is 6.07 Å². The van der Waals surface area contributed by atoms with Crippen LogP contribution < -0.4 is 9.47 Å². The lowest BCUT2D eigenvalue weighted by atomic mass is 9.84. The number of carbonyl (C=O) groups is 2. The first-order valence-corrected chi connectivity index (χ1v) is 9.86. The number of likely N-dealkylation sites (tertiary alicyclic amines) is 1. The van der Waals surface area contributed by atoms with E-state index in [0.29, 0.717) is 29.3 Å². The monoisotopic (exact) mass is 399 g/mol. The number of hydrogen-bond donors (Lipinski definition) is 2. The van der Waals surface area contributed by atoms with Crippen LogP contribution in [0, 0.1) is 5.92 Å². The molecule has 1 saturated carbocycles. The van der Waals surface area contributed by atoms with Crippen molar-refractivity contribution in [2.75, 3.05) is 14.2 Å². The number of carboxylic acid groups (broad SMARTS) is 1.